The molecule has 4 rings (SSSR count). The second kappa shape index (κ2) is 6.72. The van der Waals surface area contributed by atoms with Crippen LogP contribution in [0.2, 0.25) is 0 Å². The summed E-state index contributed by atoms with van der Waals surface area (Å²) >= 11 is 0. The highest BCUT2D eigenvalue weighted by Gasteiger charge is 2.15. The molecule has 3 heterocycles. The lowest BCUT2D eigenvalue weighted by Gasteiger charge is -2.17. The summed E-state index contributed by atoms with van der Waals surface area (Å²) in [5.41, 5.74) is 6.64. The van der Waals surface area contributed by atoms with Gasteiger partial charge in [-0.15, -0.1) is 0 Å². The quantitative estimate of drug-likeness (QED) is 0.557. The van der Waals surface area contributed by atoms with Crippen molar-refractivity contribution in [3.05, 3.63) is 77.8 Å². The minimum atomic E-state index is 0.806. The van der Waals surface area contributed by atoms with Crippen LogP contribution in [0.4, 0.5) is 0 Å². The van der Waals surface area contributed by atoms with E-state index in [1.54, 1.807) is 12.4 Å². The first-order valence-electron chi connectivity index (χ1n) is 8.68. The third-order valence-electron chi connectivity index (χ3n) is 4.70. The van der Waals surface area contributed by atoms with E-state index in [4.69, 9.17) is 5.10 Å². The lowest BCUT2D eigenvalue weighted by molar-refractivity contribution is 0.313. The molecule has 26 heavy (non-hydrogen) atoms. The Morgan fingerprint density at radius 3 is 2.65 bits per heavy atom. The molecule has 0 N–H and O–H groups in total. The molecule has 0 saturated heterocycles. The van der Waals surface area contributed by atoms with E-state index in [0.29, 0.717) is 0 Å². The zero-order valence-electron chi connectivity index (χ0n) is 15.3. The predicted octanol–water partition coefficient (Wildman–Crippen LogP) is 3.16. The number of hydrogen-bond acceptors (Lipinski definition) is 4. The average molecular weight is 346 g/mol. The van der Waals surface area contributed by atoms with Gasteiger partial charge in [0.25, 0.3) is 0 Å². The molecule has 0 aliphatic carbocycles. The molecule has 0 unspecified atom stereocenters. The van der Waals surface area contributed by atoms with E-state index in [1.165, 1.54) is 11.3 Å². The lowest BCUT2D eigenvalue weighted by Crippen LogP contribution is -2.19. The van der Waals surface area contributed by atoms with Crippen LogP contribution in [0.5, 0.6) is 0 Å². The predicted molar refractivity (Wildman–Crippen MR) is 101 cm³/mol. The van der Waals surface area contributed by atoms with Crippen molar-refractivity contribution in [2.75, 3.05) is 7.05 Å². The molecule has 1 aromatic carbocycles. The molecule has 6 heteroatoms. The van der Waals surface area contributed by atoms with Crippen LogP contribution in [0, 0.1) is 13.8 Å². The molecule has 0 radical (unpaired) electrons. The summed E-state index contributed by atoms with van der Waals surface area (Å²) in [4.78, 5) is 10.8. The van der Waals surface area contributed by atoms with Crippen molar-refractivity contribution in [2.24, 2.45) is 0 Å². The highest BCUT2D eigenvalue weighted by Crippen LogP contribution is 2.20. The number of hydrogen-bond donors (Lipinski definition) is 0. The Hall–Kier alpha value is -2.99. The molecule has 0 amide bonds. The smallest absolute Gasteiger partial charge is 0.155 e. The van der Waals surface area contributed by atoms with Crippen LogP contribution >= 0.6 is 0 Å². The zero-order chi connectivity index (χ0) is 18.1. The summed E-state index contributed by atoms with van der Waals surface area (Å²) in [6.07, 6.45) is 7.44. The summed E-state index contributed by atoms with van der Waals surface area (Å²) < 4.78 is 4.11. The number of benzene rings is 1. The van der Waals surface area contributed by atoms with E-state index in [1.807, 2.05) is 35.3 Å². The molecule has 0 bridgehead atoms. The van der Waals surface area contributed by atoms with Gasteiger partial charge in [0.1, 0.15) is 0 Å². The Kier molecular flexibility index (Phi) is 4.26. The first kappa shape index (κ1) is 16.5. The van der Waals surface area contributed by atoms with Gasteiger partial charge in [-0.1, -0.05) is 18.2 Å². The molecule has 6 nitrogen and oxygen atoms in total. The van der Waals surface area contributed by atoms with Crippen LogP contribution in [0.1, 0.15) is 22.6 Å². The van der Waals surface area contributed by atoms with Gasteiger partial charge in [0.15, 0.2) is 5.65 Å². The number of aromatic nitrogens is 5. The Morgan fingerprint density at radius 2 is 1.85 bits per heavy atom. The normalized spacial score (nSPS) is 11.5. The number of aryl methyl sites for hydroxylation is 1. The summed E-state index contributed by atoms with van der Waals surface area (Å²) in [5, 5.41) is 4.74. The third-order valence-corrected chi connectivity index (χ3v) is 4.70. The molecule has 0 atom stereocenters. The summed E-state index contributed by atoms with van der Waals surface area (Å²) in [7, 11) is 2.12. The first-order chi connectivity index (χ1) is 12.6. The van der Waals surface area contributed by atoms with E-state index >= 15 is 0 Å². The van der Waals surface area contributed by atoms with E-state index in [2.05, 4.69) is 52.3 Å². The Labute approximate surface area is 152 Å². The second-order valence-corrected chi connectivity index (χ2v) is 6.62. The maximum atomic E-state index is 4.74. The minimum absolute atomic E-state index is 0.806. The van der Waals surface area contributed by atoms with Crippen molar-refractivity contribution in [2.45, 2.75) is 26.9 Å². The van der Waals surface area contributed by atoms with E-state index < -0.39 is 0 Å². The molecular formula is C20H22N6. The van der Waals surface area contributed by atoms with Crippen LogP contribution in [0.3, 0.4) is 0 Å². The van der Waals surface area contributed by atoms with Gasteiger partial charge in [-0.2, -0.15) is 5.10 Å². The molecule has 0 fully saturated rings. The van der Waals surface area contributed by atoms with Crippen molar-refractivity contribution in [3.63, 3.8) is 0 Å². The Morgan fingerprint density at radius 1 is 1.04 bits per heavy atom. The maximum Gasteiger partial charge on any atom is 0.155 e. The number of rotatable bonds is 5. The lowest BCUT2D eigenvalue weighted by atomic mass is 10.2. The summed E-state index contributed by atoms with van der Waals surface area (Å²) in [6, 6.07) is 10.3. The Bertz CT molecular complexity index is 1030. The van der Waals surface area contributed by atoms with Gasteiger partial charge in [0.2, 0.25) is 0 Å². The van der Waals surface area contributed by atoms with Crippen LogP contribution in [0.15, 0.2) is 55.1 Å². The largest absolute Gasteiger partial charge is 0.300 e. The van der Waals surface area contributed by atoms with Gasteiger partial charge in [-0.3, -0.25) is 14.3 Å². The number of imidazole rings is 1. The monoisotopic (exact) mass is 346 g/mol. The van der Waals surface area contributed by atoms with Crippen molar-refractivity contribution in [3.8, 4) is 5.69 Å². The fourth-order valence-corrected chi connectivity index (χ4v) is 3.34. The van der Waals surface area contributed by atoms with Crippen LogP contribution in [0.25, 0.3) is 11.3 Å². The maximum absolute atomic E-state index is 4.74. The van der Waals surface area contributed by atoms with Crippen LogP contribution < -0.4 is 0 Å². The van der Waals surface area contributed by atoms with Crippen LogP contribution in [-0.4, -0.2) is 36.1 Å². The highest BCUT2D eigenvalue weighted by atomic mass is 15.3. The van der Waals surface area contributed by atoms with Crippen LogP contribution in [-0.2, 0) is 13.1 Å². The van der Waals surface area contributed by atoms with E-state index in [9.17, 15) is 0 Å². The van der Waals surface area contributed by atoms with Crippen molar-refractivity contribution >= 4 is 5.65 Å². The molecule has 0 aliphatic heterocycles. The number of para-hydroxylation sites is 1. The fraction of sp³-hybridized carbons (Fsp3) is 0.250. The first-order valence-corrected chi connectivity index (χ1v) is 8.68. The van der Waals surface area contributed by atoms with Crippen molar-refractivity contribution < 1.29 is 0 Å². The third kappa shape index (κ3) is 2.99. The summed E-state index contributed by atoms with van der Waals surface area (Å²) in [5.74, 6) is 0. The molecule has 4 aromatic rings. The van der Waals surface area contributed by atoms with Crippen molar-refractivity contribution in [1.29, 1.82) is 0 Å². The average Bonchev–Trinajstić information content (AvgIpc) is 3.19. The second-order valence-electron chi connectivity index (χ2n) is 6.62. The molecule has 3 aromatic heterocycles. The molecule has 132 valence electrons. The minimum Gasteiger partial charge on any atom is -0.300 e. The van der Waals surface area contributed by atoms with Gasteiger partial charge in [0, 0.05) is 36.7 Å². The number of nitrogens with zero attached hydrogens (tertiary/aromatic N) is 6. The highest BCUT2D eigenvalue weighted by molar-refractivity contribution is 5.38. The van der Waals surface area contributed by atoms with Gasteiger partial charge in [-0.05, 0) is 33.0 Å². The van der Waals surface area contributed by atoms with E-state index in [-0.39, 0.29) is 0 Å². The van der Waals surface area contributed by atoms with Gasteiger partial charge < -0.3 is 0 Å². The molecule has 0 spiro atoms. The zero-order valence-corrected chi connectivity index (χ0v) is 15.3. The SMILES string of the molecule is Cc1nn(-c2ccccc2)c(C)c1CN(C)Cc1cnc2cnccn12. The van der Waals surface area contributed by atoms with Gasteiger partial charge in [-0.25, -0.2) is 9.67 Å². The number of fused-ring (bicyclic) bond motifs is 1. The topological polar surface area (TPSA) is 51.2 Å². The Balaban J connectivity index is 1.56. The molecule has 0 aliphatic rings. The molecule has 0 saturated carbocycles. The standard InChI is InChI=1S/C20H22N6/c1-15-19(16(2)26(23-15)17-7-5-4-6-8-17)14-24(3)13-18-11-22-20-12-21-9-10-25(18)20/h4-12H,13-14H2,1-3H3. The molecular weight excluding hydrogens is 324 g/mol. The van der Waals surface area contributed by atoms with Gasteiger partial charge >= 0.3 is 0 Å². The summed E-state index contributed by atoms with van der Waals surface area (Å²) in [6.45, 7) is 5.86. The van der Waals surface area contributed by atoms with Crippen molar-refractivity contribution in [1.82, 2.24) is 29.0 Å². The van der Waals surface area contributed by atoms with E-state index in [0.717, 1.165) is 35.8 Å². The fourth-order valence-electron chi connectivity index (χ4n) is 3.34. The van der Waals surface area contributed by atoms with Gasteiger partial charge in [0.05, 0.1) is 29.5 Å².